The van der Waals surface area contributed by atoms with Crippen molar-refractivity contribution in [3.63, 3.8) is 0 Å². The number of hydrogen-bond donors (Lipinski definition) is 1. The lowest BCUT2D eigenvalue weighted by molar-refractivity contribution is 0.147. The van der Waals surface area contributed by atoms with Gasteiger partial charge in [0.25, 0.3) is 6.43 Å². The van der Waals surface area contributed by atoms with Gasteiger partial charge in [0.15, 0.2) is 5.75 Å². The molecule has 13 heavy (non-hydrogen) atoms. The predicted octanol–water partition coefficient (Wildman–Crippen LogP) is 3.23. The normalized spacial score (nSPS) is 10.8. The first-order valence-corrected chi connectivity index (χ1v) is 4.61. The van der Waals surface area contributed by atoms with Gasteiger partial charge >= 0.3 is 0 Å². The van der Waals surface area contributed by atoms with E-state index in [4.69, 9.17) is 16.7 Å². The Hall–Kier alpha value is -0.420. The van der Waals surface area contributed by atoms with E-state index in [2.05, 4.69) is 20.9 Å². The molecule has 0 fully saturated rings. The highest BCUT2D eigenvalue weighted by Crippen LogP contribution is 2.33. The van der Waals surface area contributed by atoms with Crippen LogP contribution in [0.15, 0.2) is 10.7 Å². The molecule has 0 saturated heterocycles. The smallest absolute Gasteiger partial charge is 0.267 e. The molecule has 1 rings (SSSR count). The fourth-order valence-electron chi connectivity index (χ4n) is 0.813. The quantitative estimate of drug-likeness (QED) is 0.662. The third kappa shape index (κ3) is 2.28. The van der Waals surface area contributed by atoms with Gasteiger partial charge in [-0.1, -0.05) is 0 Å². The van der Waals surface area contributed by atoms with Crippen LogP contribution in [-0.2, 0) is 5.88 Å². The lowest BCUT2D eigenvalue weighted by Gasteiger charge is -2.06. The third-order valence-electron chi connectivity index (χ3n) is 1.40. The van der Waals surface area contributed by atoms with Gasteiger partial charge < -0.3 is 5.11 Å². The number of hydrogen-bond acceptors (Lipinski definition) is 2. The van der Waals surface area contributed by atoms with Crippen LogP contribution < -0.4 is 0 Å². The minimum absolute atomic E-state index is 0.0130. The van der Waals surface area contributed by atoms with E-state index in [9.17, 15) is 8.78 Å². The van der Waals surface area contributed by atoms with E-state index in [1.807, 2.05) is 0 Å². The van der Waals surface area contributed by atoms with Crippen LogP contribution in [0.5, 0.6) is 5.75 Å². The molecule has 0 spiro atoms. The van der Waals surface area contributed by atoms with Crippen molar-refractivity contribution in [2.45, 2.75) is 12.3 Å². The summed E-state index contributed by atoms with van der Waals surface area (Å²) in [7, 11) is 0. The number of nitrogens with zero attached hydrogens (tertiary/aromatic N) is 1. The molecule has 72 valence electrons. The predicted molar refractivity (Wildman–Crippen MR) is 48.1 cm³/mol. The summed E-state index contributed by atoms with van der Waals surface area (Å²) in [5.74, 6) is -0.512. The van der Waals surface area contributed by atoms with Crippen molar-refractivity contribution in [2.75, 3.05) is 0 Å². The minimum Gasteiger partial charge on any atom is -0.505 e. The zero-order valence-electron chi connectivity index (χ0n) is 6.27. The molecule has 0 radical (unpaired) electrons. The van der Waals surface area contributed by atoms with Gasteiger partial charge in [-0.3, -0.25) is 0 Å². The number of aromatic hydroxyl groups is 1. The lowest BCUT2D eigenvalue weighted by Crippen LogP contribution is -1.93. The summed E-state index contributed by atoms with van der Waals surface area (Å²) in [6.45, 7) is 0. The molecule has 0 unspecified atom stereocenters. The van der Waals surface area contributed by atoms with E-state index in [1.54, 1.807) is 0 Å². The number of rotatable bonds is 2. The highest BCUT2D eigenvalue weighted by atomic mass is 79.9. The zero-order valence-corrected chi connectivity index (χ0v) is 8.61. The number of pyridine rings is 1. The summed E-state index contributed by atoms with van der Waals surface area (Å²) < 4.78 is 24.5. The van der Waals surface area contributed by atoms with Gasteiger partial charge in [0.1, 0.15) is 4.60 Å². The van der Waals surface area contributed by atoms with Gasteiger partial charge in [0.05, 0.1) is 17.1 Å². The molecule has 2 nitrogen and oxygen atoms in total. The van der Waals surface area contributed by atoms with Gasteiger partial charge in [0.2, 0.25) is 0 Å². The second-order valence-electron chi connectivity index (χ2n) is 2.28. The van der Waals surface area contributed by atoms with Gasteiger partial charge in [-0.05, 0) is 22.0 Å². The molecule has 0 aromatic carbocycles. The molecule has 1 heterocycles. The Labute approximate surface area is 86.7 Å². The Kier molecular flexibility index (Phi) is 3.44. The van der Waals surface area contributed by atoms with Crippen molar-refractivity contribution in [1.29, 1.82) is 0 Å². The molecule has 1 N–H and O–H groups in total. The molecule has 0 bridgehead atoms. The van der Waals surface area contributed by atoms with Crippen LogP contribution in [0.4, 0.5) is 8.78 Å². The van der Waals surface area contributed by atoms with E-state index in [1.165, 1.54) is 0 Å². The van der Waals surface area contributed by atoms with E-state index >= 15 is 0 Å². The molecular formula is C7H5BrClF2NO. The maximum Gasteiger partial charge on any atom is 0.267 e. The second kappa shape index (κ2) is 4.19. The lowest BCUT2D eigenvalue weighted by atomic mass is 10.2. The average Bonchev–Trinajstić information content (AvgIpc) is 2.09. The zero-order chi connectivity index (χ0) is 10.0. The Balaban J connectivity index is 3.25. The van der Waals surface area contributed by atoms with Gasteiger partial charge in [-0.25, -0.2) is 13.8 Å². The van der Waals surface area contributed by atoms with Crippen LogP contribution in [0.3, 0.4) is 0 Å². The number of alkyl halides is 3. The molecule has 0 aliphatic rings. The van der Waals surface area contributed by atoms with Crippen LogP contribution in [0.2, 0.25) is 0 Å². The number of halogens is 4. The summed E-state index contributed by atoms with van der Waals surface area (Å²) in [5, 5.41) is 9.16. The van der Waals surface area contributed by atoms with Crippen molar-refractivity contribution in [2.24, 2.45) is 0 Å². The van der Waals surface area contributed by atoms with Crippen LogP contribution in [-0.4, -0.2) is 10.1 Å². The molecule has 0 aliphatic heterocycles. The van der Waals surface area contributed by atoms with Crippen LogP contribution >= 0.6 is 27.5 Å². The van der Waals surface area contributed by atoms with Gasteiger partial charge in [0, 0.05) is 0 Å². The Bertz CT molecular complexity index is 322. The van der Waals surface area contributed by atoms with Crippen molar-refractivity contribution >= 4 is 27.5 Å². The molecule has 6 heteroatoms. The maximum absolute atomic E-state index is 12.3. The summed E-state index contributed by atoms with van der Waals surface area (Å²) >= 11 is 8.27. The molecule has 0 atom stereocenters. The van der Waals surface area contributed by atoms with Crippen molar-refractivity contribution in [3.8, 4) is 5.75 Å². The average molecular weight is 272 g/mol. The highest BCUT2D eigenvalue weighted by molar-refractivity contribution is 9.10. The van der Waals surface area contributed by atoms with Crippen LogP contribution in [0.1, 0.15) is 17.7 Å². The van der Waals surface area contributed by atoms with E-state index in [0.717, 1.165) is 6.07 Å². The summed E-state index contributed by atoms with van der Waals surface area (Å²) in [5.41, 5.74) is -0.167. The Morgan fingerprint density at radius 3 is 2.69 bits per heavy atom. The summed E-state index contributed by atoms with van der Waals surface area (Å²) in [4.78, 5) is 3.74. The largest absolute Gasteiger partial charge is 0.505 e. The van der Waals surface area contributed by atoms with Crippen molar-refractivity contribution in [3.05, 3.63) is 21.9 Å². The molecular weight excluding hydrogens is 267 g/mol. The van der Waals surface area contributed by atoms with E-state index < -0.39 is 17.7 Å². The SMILES string of the molecule is Oc1c(C(F)F)cc(CCl)nc1Br. The molecule has 0 aliphatic carbocycles. The van der Waals surface area contributed by atoms with Crippen LogP contribution in [0, 0.1) is 0 Å². The van der Waals surface area contributed by atoms with Crippen LogP contribution in [0.25, 0.3) is 0 Å². The second-order valence-corrected chi connectivity index (χ2v) is 3.29. The number of aromatic nitrogens is 1. The molecule has 1 aromatic heterocycles. The highest BCUT2D eigenvalue weighted by Gasteiger charge is 2.17. The maximum atomic E-state index is 12.3. The summed E-state index contributed by atoms with van der Waals surface area (Å²) in [6.07, 6.45) is -2.73. The fourth-order valence-corrected chi connectivity index (χ4v) is 1.41. The van der Waals surface area contributed by atoms with E-state index in [-0.39, 0.29) is 10.5 Å². The minimum atomic E-state index is -2.73. The summed E-state index contributed by atoms with van der Waals surface area (Å²) in [6, 6.07) is 1.08. The fraction of sp³-hybridized carbons (Fsp3) is 0.286. The standard InChI is InChI=1S/C7H5BrClF2NO/c8-6-5(13)4(7(10)11)1-3(2-9)12-6/h1,7,13H,2H2. The third-order valence-corrected chi connectivity index (χ3v) is 2.23. The topological polar surface area (TPSA) is 33.1 Å². The molecule has 0 amide bonds. The molecule has 0 saturated carbocycles. The molecule has 1 aromatic rings. The van der Waals surface area contributed by atoms with Crippen molar-refractivity contribution < 1.29 is 13.9 Å². The van der Waals surface area contributed by atoms with Gasteiger partial charge in [-0.15, -0.1) is 11.6 Å². The van der Waals surface area contributed by atoms with Gasteiger partial charge in [-0.2, -0.15) is 0 Å². The van der Waals surface area contributed by atoms with Crippen molar-refractivity contribution in [1.82, 2.24) is 4.98 Å². The first-order chi connectivity index (χ1) is 6.06. The Morgan fingerprint density at radius 1 is 1.62 bits per heavy atom. The first-order valence-electron chi connectivity index (χ1n) is 3.28. The van der Waals surface area contributed by atoms with E-state index in [0.29, 0.717) is 5.69 Å². The Morgan fingerprint density at radius 2 is 2.23 bits per heavy atom. The monoisotopic (exact) mass is 271 g/mol. The first kappa shape index (κ1) is 10.7.